The fourth-order valence-corrected chi connectivity index (χ4v) is 4.09. The van der Waals surface area contributed by atoms with Crippen LogP contribution in [-0.4, -0.2) is 10.9 Å². The number of amides is 1. The molecule has 3 rings (SSSR count). The summed E-state index contributed by atoms with van der Waals surface area (Å²) < 4.78 is 13.9. The summed E-state index contributed by atoms with van der Waals surface area (Å²) in [5, 5.41) is 9.63. The first-order valence-corrected chi connectivity index (χ1v) is 9.40. The third-order valence-corrected chi connectivity index (χ3v) is 5.15. The lowest BCUT2D eigenvalue weighted by Crippen LogP contribution is -2.24. The molecule has 0 aliphatic rings. The molecular weight excluding hydrogens is 399 g/mol. The smallest absolute Gasteiger partial charge is 0.226 e. The number of aromatic nitrogens is 1. The summed E-state index contributed by atoms with van der Waals surface area (Å²) >= 11 is 6.38. The van der Waals surface area contributed by atoms with E-state index in [4.69, 9.17) is 0 Å². The molecule has 0 radical (unpaired) electrons. The van der Waals surface area contributed by atoms with Gasteiger partial charge in [-0.2, -0.15) is 11.3 Å². The average Bonchev–Trinajstić information content (AvgIpc) is 3.14. The van der Waals surface area contributed by atoms with Gasteiger partial charge in [-0.3, -0.25) is 4.79 Å². The average molecular weight is 411 g/mol. The van der Waals surface area contributed by atoms with E-state index in [2.05, 4.69) is 26.2 Å². The summed E-state index contributed by atoms with van der Waals surface area (Å²) in [5.41, 5.74) is 2.54. The van der Waals surface area contributed by atoms with Gasteiger partial charge in [-0.15, -0.1) is 11.3 Å². The first-order chi connectivity index (χ1) is 11.1. The molecule has 0 aliphatic carbocycles. The molecule has 0 saturated carbocycles. The Morgan fingerprint density at radius 3 is 2.91 bits per heavy atom. The highest BCUT2D eigenvalue weighted by Crippen LogP contribution is 2.25. The van der Waals surface area contributed by atoms with E-state index >= 15 is 0 Å². The maximum atomic E-state index is 13.3. The van der Waals surface area contributed by atoms with Gasteiger partial charge in [-0.25, -0.2) is 9.37 Å². The number of carbonyl (C=O) groups excluding carboxylic acids is 1. The number of hydrogen-bond donors (Lipinski definition) is 1. The highest BCUT2D eigenvalue weighted by molar-refractivity contribution is 9.10. The lowest BCUT2D eigenvalue weighted by molar-refractivity contribution is -0.120. The minimum absolute atomic E-state index is 0.132. The predicted molar refractivity (Wildman–Crippen MR) is 95.1 cm³/mol. The molecule has 2 heterocycles. The van der Waals surface area contributed by atoms with Crippen molar-refractivity contribution in [3.63, 3.8) is 0 Å². The van der Waals surface area contributed by atoms with Crippen molar-refractivity contribution in [2.24, 2.45) is 0 Å². The van der Waals surface area contributed by atoms with Gasteiger partial charge >= 0.3 is 0 Å². The molecule has 23 heavy (non-hydrogen) atoms. The van der Waals surface area contributed by atoms with Gasteiger partial charge in [0.1, 0.15) is 10.8 Å². The van der Waals surface area contributed by atoms with Crippen LogP contribution in [0.1, 0.15) is 11.3 Å². The summed E-state index contributed by atoms with van der Waals surface area (Å²) in [4.78, 5) is 16.5. The highest BCUT2D eigenvalue weighted by atomic mass is 79.9. The first kappa shape index (κ1) is 16.3. The number of thiazole rings is 1. The Hall–Kier alpha value is -1.57. The molecule has 0 atom stereocenters. The molecule has 0 saturated heterocycles. The van der Waals surface area contributed by atoms with Gasteiger partial charge in [-0.05, 0) is 35.2 Å². The maximum Gasteiger partial charge on any atom is 0.226 e. The van der Waals surface area contributed by atoms with Crippen LogP contribution in [0.15, 0.2) is 44.9 Å². The number of rotatable bonds is 5. The minimum Gasteiger partial charge on any atom is -0.352 e. The second kappa shape index (κ2) is 7.33. The Balaban J connectivity index is 1.57. The van der Waals surface area contributed by atoms with Crippen molar-refractivity contribution in [2.75, 3.05) is 0 Å². The summed E-state index contributed by atoms with van der Waals surface area (Å²) in [7, 11) is 0. The molecule has 118 valence electrons. The third-order valence-electron chi connectivity index (χ3n) is 3.07. The zero-order chi connectivity index (χ0) is 16.2. The van der Waals surface area contributed by atoms with E-state index in [-0.39, 0.29) is 24.7 Å². The Morgan fingerprint density at radius 2 is 2.17 bits per heavy atom. The van der Waals surface area contributed by atoms with E-state index in [1.165, 1.54) is 23.5 Å². The second-order valence-corrected chi connectivity index (χ2v) is 7.44. The van der Waals surface area contributed by atoms with Crippen molar-refractivity contribution in [1.82, 2.24) is 10.3 Å². The molecule has 0 unspecified atom stereocenters. The van der Waals surface area contributed by atoms with Crippen LogP contribution in [0.2, 0.25) is 0 Å². The summed E-state index contributed by atoms with van der Waals surface area (Å²) in [6.45, 7) is 0.288. The predicted octanol–water partition coefficient (Wildman–Crippen LogP) is 4.63. The van der Waals surface area contributed by atoms with Crippen molar-refractivity contribution in [2.45, 2.75) is 13.0 Å². The Kier molecular flexibility index (Phi) is 5.20. The molecule has 1 N–H and O–H groups in total. The van der Waals surface area contributed by atoms with E-state index in [9.17, 15) is 9.18 Å². The molecular formula is C16H12BrFN2OS2. The maximum absolute atomic E-state index is 13.3. The van der Waals surface area contributed by atoms with Crippen LogP contribution < -0.4 is 5.32 Å². The monoisotopic (exact) mass is 410 g/mol. The lowest BCUT2D eigenvalue weighted by Gasteiger charge is -2.05. The van der Waals surface area contributed by atoms with E-state index in [1.54, 1.807) is 17.4 Å². The van der Waals surface area contributed by atoms with Gasteiger partial charge in [0.2, 0.25) is 5.91 Å². The molecule has 0 fully saturated rings. The molecule has 0 aliphatic heterocycles. The van der Waals surface area contributed by atoms with Crippen LogP contribution in [0.4, 0.5) is 4.39 Å². The van der Waals surface area contributed by atoms with Gasteiger partial charge in [0, 0.05) is 27.3 Å². The van der Waals surface area contributed by atoms with Crippen LogP contribution >= 0.6 is 38.6 Å². The van der Waals surface area contributed by atoms with E-state index in [1.807, 2.05) is 22.2 Å². The van der Waals surface area contributed by atoms with E-state index in [0.29, 0.717) is 10.0 Å². The summed E-state index contributed by atoms with van der Waals surface area (Å²) in [5.74, 6) is -0.462. The second-order valence-electron chi connectivity index (χ2n) is 4.89. The minimum atomic E-state index is -0.330. The van der Waals surface area contributed by atoms with E-state index in [0.717, 1.165) is 16.3 Å². The van der Waals surface area contributed by atoms with Crippen molar-refractivity contribution >= 4 is 44.5 Å². The SMILES string of the molecule is O=C(Cc1csc(-c2ccsc2)n1)NCc1cc(F)cc(Br)c1. The van der Waals surface area contributed by atoms with Gasteiger partial charge in [0.05, 0.1) is 12.1 Å². The molecule has 1 aromatic carbocycles. The van der Waals surface area contributed by atoms with Crippen molar-refractivity contribution < 1.29 is 9.18 Å². The largest absolute Gasteiger partial charge is 0.352 e. The summed E-state index contributed by atoms with van der Waals surface area (Å²) in [6.07, 6.45) is 0.219. The first-order valence-electron chi connectivity index (χ1n) is 6.79. The number of carbonyl (C=O) groups is 1. The van der Waals surface area contributed by atoms with Crippen molar-refractivity contribution in [1.29, 1.82) is 0 Å². The third kappa shape index (κ3) is 4.46. The molecule has 0 bridgehead atoms. The number of nitrogens with zero attached hydrogens (tertiary/aromatic N) is 1. The van der Waals surface area contributed by atoms with Crippen LogP contribution in [0.3, 0.4) is 0 Å². The molecule has 1 amide bonds. The topological polar surface area (TPSA) is 42.0 Å². The van der Waals surface area contributed by atoms with Crippen LogP contribution in [0.5, 0.6) is 0 Å². The summed E-state index contributed by atoms with van der Waals surface area (Å²) in [6, 6.07) is 6.57. The zero-order valence-electron chi connectivity index (χ0n) is 11.9. The van der Waals surface area contributed by atoms with Crippen molar-refractivity contribution in [3.05, 3.63) is 62.0 Å². The Morgan fingerprint density at radius 1 is 1.30 bits per heavy atom. The molecule has 7 heteroatoms. The fourth-order valence-electron chi connectivity index (χ4n) is 2.05. The fraction of sp³-hybridized carbons (Fsp3) is 0.125. The molecule has 2 aromatic heterocycles. The Labute approximate surface area is 149 Å². The number of benzene rings is 1. The molecule has 3 nitrogen and oxygen atoms in total. The zero-order valence-corrected chi connectivity index (χ0v) is 15.1. The number of nitrogens with one attached hydrogen (secondary N) is 1. The highest BCUT2D eigenvalue weighted by Gasteiger charge is 2.09. The number of halogens is 2. The number of thiophene rings is 1. The number of hydrogen-bond acceptors (Lipinski definition) is 4. The van der Waals surface area contributed by atoms with E-state index < -0.39 is 0 Å². The standard InChI is InChI=1S/C16H12BrFN2OS2/c17-12-3-10(4-13(18)5-12)7-19-15(21)6-14-9-23-16(20-14)11-1-2-22-8-11/h1-5,8-9H,6-7H2,(H,19,21). The van der Waals surface area contributed by atoms with Gasteiger partial charge in [-0.1, -0.05) is 15.9 Å². The Bertz CT molecular complexity index is 797. The van der Waals surface area contributed by atoms with Crippen LogP contribution in [0.25, 0.3) is 10.6 Å². The van der Waals surface area contributed by atoms with Crippen LogP contribution in [0, 0.1) is 5.82 Å². The van der Waals surface area contributed by atoms with Gasteiger partial charge < -0.3 is 5.32 Å². The van der Waals surface area contributed by atoms with Gasteiger partial charge in [0.25, 0.3) is 0 Å². The molecule has 3 aromatic rings. The van der Waals surface area contributed by atoms with Crippen molar-refractivity contribution in [3.8, 4) is 10.6 Å². The normalized spacial score (nSPS) is 10.7. The van der Waals surface area contributed by atoms with Crippen LogP contribution in [-0.2, 0) is 17.8 Å². The van der Waals surface area contributed by atoms with Gasteiger partial charge in [0.15, 0.2) is 0 Å². The molecule has 0 spiro atoms. The quantitative estimate of drug-likeness (QED) is 0.665. The lowest BCUT2D eigenvalue weighted by atomic mass is 10.2.